The van der Waals surface area contributed by atoms with E-state index in [4.69, 9.17) is 0 Å². The fourth-order valence-electron chi connectivity index (χ4n) is 4.05. The van der Waals surface area contributed by atoms with E-state index in [2.05, 4.69) is 10.3 Å². The van der Waals surface area contributed by atoms with E-state index in [1.165, 1.54) is 12.3 Å². The van der Waals surface area contributed by atoms with Crippen molar-refractivity contribution < 1.29 is 23.2 Å². The fourth-order valence-corrected chi connectivity index (χ4v) is 4.76. The second kappa shape index (κ2) is 7.62. The highest BCUT2D eigenvalue weighted by atomic mass is 32.1. The van der Waals surface area contributed by atoms with Gasteiger partial charge >= 0.3 is 0 Å². The van der Waals surface area contributed by atoms with Crippen LogP contribution in [0, 0.1) is 23.5 Å². The number of hydrogen-bond acceptors (Lipinski definition) is 5. The Hall–Kier alpha value is -2.68. The highest BCUT2D eigenvalue weighted by molar-refractivity contribution is 7.14. The molecule has 1 aromatic carbocycles. The Bertz CT molecular complexity index is 969. The molecule has 1 aliphatic carbocycles. The van der Waals surface area contributed by atoms with Crippen LogP contribution in [-0.4, -0.2) is 33.6 Å². The van der Waals surface area contributed by atoms with E-state index in [1.807, 2.05) is 0 Å². The van der Waals surface area contributed by atoms with Gasteiger partial charge in [-0.25, -0.2) is 13.8 Å². The van der Waals surface area contributed by atoms with Crippen LogP contribution < -0.4 is 5.32 Å². The van der Waals surface area contributed by atoms with Gasteiger partial charge in [0.05, 0.1) is 17.5 Å². The van der Waals surface area contributed by atoms with Crippen molar-refractivity contribution in [1.29, 1.82) is 0 Å². The topological polar surface area (TPSA) is 79.4 Å². The lowest BCUT2D eigenvalue weighted by Gasteiger charge is -2.21. The maximum atomic E-state index is 13.9. The van der Waals surface area contributed by atoms with Gasteiger partial charge in [-0.05, 0) is 38.0 Å². The number of imide groups is 1. The number of hydrogen-bond donors (Lipinski definition) is 1. The summed E-state index contributed by atoms with van der Waals surface area (Å²) in [6, 6.07) is 2.08. The SMILES string of the molecule is C[C@@H](C(=O)Nc1nc(-c2cc(F)ccc2F)cs1)N1C(=O)[C@H]2CCCC[C@@H]2C1=O. The Kier molecular flexibility index (Phi) is 5.16. The summed E-state index contributed by atoms with van der Waals surface area (Å²) in [5.41, 5.74) is 0.179. The minimum Gasteiger partial charge on any atom is -0.300 e. The average Bonchev–Trinajstić information content (AvgIpc) is 3.26. The first-order chi connectivity index (χ1) is 13.9. The summed E-state index contributed by atoms with van der Waals surface area (Å²) in [6.45, 7) is 1.50. The first kappa shape index (κ1) is 19.6. The van der Waals surface area contributed by atoms with Crippen LogP contribution in [-0.2, 0) is 14.4 Å². The zero-order chi connectivity index (χ0) is 20.7. The van der Waals surface area contributed by atoms with Crippen LogP contribution in [0.5, 0.6) is 0 Å². The van der Waals surface area contributed by atoms with Crippen LogP contribution in [0.15, 0.2) is 23.6 Å². The lowest BCUT2D eigenvalue weighted by atomic mass is 9.81. The first-order valence-electron chi connectivity index (χ1n) is 9.45. The maximum absolute atomic E-state index is 13.9. The van der Waals surface area contributed by atoms with Gasteiger partial charge in [-0.15, -0.1) is 11.3 Å². The van der Waals surface area contributed by atoms with Gasteiger partial charge in [-0.1, -0.05) is 12.8 Å². The molecular weight excluding hydrogens is 400 g/mol. The predicted molar refractivity (Wildman–Crippen MR) is 103 cm³/mol. The molecule has 2 aliphatic rings. The lowest BCUT2D eigenvalue weighted by molar-refractivity contribution is -0.146. The number of rotatable bonds is 4. The van der Waals surface area contributed by atoms with Crippen LogP contribution in [0.25, 0.3) is 11.3 Å². The molecule has 0 bridgehead atoms. The van der Waals surface area contributed by atoms with E-state index < -0.39 is 23.6 Å². The van der Waals surface area contributed by atoms with Gasteiger partial charge in [0.2, 0.25) is 17.7 Å². The van der Waals surface area contributed by atoms with Crippen LogP contribution in [0.1, 0.15) is 32.6 Å². The molecule has 152 valence electrons. The third-order valence-corrected chi connectivity index (χ3v) is 6.34. The van der Waals surface area contributed by atoms with E-state index in [9.17, 15) is 23.2 Å². The number of carbonyl (C=O) groups is 3. The van der Waals surface area contributed by atoms with E-state index in [1.54, 1.807) is 0 Å². The van der Waals surface area contributed by atoms with Crippen LogP contribution >= 0.6 is 11.3 Å². The Morgan fingerprint density at radius 3 is 2.52 bits per heavy atom. The molecule has 2 heterocycles. The number of nitrogens with zero attached hydrogens (tertiary/aromatic N) is 2. The minimum atomic E-state index is -0.973. The number of benzene rings is 1. The lowest BCUT2D eigenvalue weighted by Crippen LogP contribution is -2.46. The normalized spacial score (nSPS) is 22.5. The molecule has 1 aromatic heterocycles. The third-order valence-electron chi connectivity index (χ3n) is 5.58. The second-order valence-corrected chi connectivity index (χ2v) is 8.23. The third kappa shape index (κ3) is 3.55. The van der Waals surface area contributed by atoms with E-state index in [-0.39, 0.29) is 40.0 Å². The van der Waals surface area contributed by atoms with Gasteiger partial charge in [-0.2, -0.15) is 0 Å². The molecule has 0 unspecified atom stereocenters. The Morgan fingerprint density at radius 1 is 1.21 bits per heavy atom. The minimum absolute atomic E-state index is 0.0104. The molecule has 6 nitrogen and oxygen atoms in total. The molecule has 1 N–H and O–H groups in total. The summed E-state index contributed by atoms with van der Waals surface area (Å²) in [5, 5.41) is 4.25. The molecule has 29 heavy (non-hydrogen) atoms. The van der Waals surface area contributed by atoms with Crippen LogP contribution in [0.3, 0.4) is 0 Å². The van der Waals surface area contributed by atoms with Crippen molar-refractivity contribution in [3.8, 4) is 11.3 Å². The predicted octanol–water partition coefficient (Wildman–Crippen LogP) is 3.59. The molecule has 0 radical (unpaired) electrons. The summed E-state index contributed by atoms with van der Waals surface area (Å²) < 4.78 is 27.3. The van der Waals surface area contributed by atoms with Crippen molar-refractivity contribution in [1.82, 2.24) is 9.88 Å². The van der Waals surface area contributed by atoms with Gasteiger partial charge in [0.25, 0.3) is 0 Å². The van der Waals surface area contributed by atoms with Crippen molar-refractivity contribution >= 4 is 34.2 Å². The number of carbonyl (C=O) groups excluding carboxylic acids is 3. The highest BCUT2D eigenvalue weighted by Crippen LogP contribution is 2.39. The quantitative estimate of drug-likeness (QED) is 0.768. The smallest absolute Gasteiger partial charge is 0.249 e. The molecule has 9 heteroatoms. The van der Waals surface area contributed by atoms with Crippen molar-refractivity contribution in [3.05, 3.63) is 35.2 Å². The van der Waals surface area contributed by atoms with E-state index in [0.717, 1.165) is 47.3 Å². The Labute approximate surface area is 169 Å². The van der Waals surface area contributed by atoms with Crippen molar-refractivity contribution in [2.75, 3.05) is 5.32 Å². The number of likely N-dealkylation sites (tertiary alicyclic amines) is 1. The molecule has 1 saturated carbocycles. The second-order valence-electron chi connectivity index (χ2n) is 7.37. The van der Waals surface area contributed by atoms with Crippen molar-refractivity contribution in [2.45, 2.75) is 38.6 Å². The van der Waals surface area contributed by atoms with Gasteiger partial charge in [-0.3, -0.25) is 19.3 Å². The summed E-state index contributed by atoms with van der Waals surface area (Å²) >= 11 is 1.05. The summed E-state index contributed by atoms with van der Waals surface area (Å²) in [4.78, 5) is 43.1. The largest absolute Gasteiger partial charge is 0.300 e. The number of amides is 3. The van der Waals surface area contributed by atoms with Crippen LogP contribution in [0.2, 0.25) is 0 Å². The zero-order valence-electron chi connectivity index (χ0n) is 15.7. The molecule has 2 fully saturated rings. The van der Waals surface area contributed by atoms with E-state index in [0.29, 0.717) is 12.8 Å². The number of halogens is 2. The standard InChI is InChI=1S/C20H19F2N3O3S/c1-10(25-18(27)12-4-2-3-5-13(12)19(25)28)17(26)24-20-23-16(9-29-20)14-8-11(21)6-7-15(14)22/h6-10,12-13H,2-5H2,1H3,(H,23,24,26)/t10-,12-,13-/m0/s1. The number of nitrogens with one attached hydrogen (secondary N) is 1. The molecule has 2 aromatic rings. The molecule has 1 saturated heterocycles. The number of aromatic nitrogens is 1. The summed E-state index contributed by atoms with van der Waals surface area (Å²) in [6.07, 6.45) is 3.17. The molecule has 1 aliphatic heterocycles. The maximum Gasteiger partial charge on any atom is 0.249 e. The number of fused-ring (bicyclic) bond motifs is 1. The first-order valence-corrected chi connectivity index (χ1v) is 10.3. The van der Waals surface area contributed by atoms with Crippen LogP contribution in [0.4, 0.5) is 13.9 Å². The highest BCUT2D eigenvalue weighted by Gasteiger charge is 2.50. The molecule has 3 amide bonds. The molecule has 3 atom stereocenters. The van der Waals surface area contributed by atoms with E-state index >= 15 is 0 Å². The molecule has 4 rings (SSSR count). The monoisotopic (exact) mass is 419 g/mol. The molecular formula is C20H19F2N3O3S. The average molecular weight is 419 g/mol. The van der Waals surface area contributed by atoms with Gasteiger partial charge in [0.15, 0.2) is 5.13 Å². The Morgan fingerprint density at radius 2 is 1.86 bits per heavy atom. The van der Waals surface area contributed by atoms with Gasteiger partial charge in [0.1, 0.15) is 17.7 Å². The Balaban J connectivity index is 1.48. The zero-order valence-corrected chi connectivity index (χ0v) is 16.5. The molecule has 0 spiro atoms. The summed E-state index contributed by atoms with van der Waals surface area (Å²) in [7, 11) is 0. The van der Waals surface area contributed by atoms with Gasteiger partial charge in [0, 0.05) is 10.9 Å². The summed E-state index contributed by atoms with van der Waals surface area (Å²) in [5.74, 6) is -3.00. The number of anilines is 1. The van der Waals surface area contributed by atoms with Gasteiger partial charge < -0.3 is 5.32 Å². The van der Waals surface area contributed by atoms with Crippen molar-refractivity contribution in [2.24, 2.45) is 11.8 Å². The number of thiazole rings is 1. The fraction of sp³-hybridized carbons (Fsp3) is 0.400. The van der Waals surface area contributed by atoms with Crippen molar-refractivity contribution in [3.63, 3.8) is 0 Å².